The summed E-state index contributed by atoms with van der Waals surface area (Å²) < 4.78 is 5.94. The van der Waals surface area contributed by atoms with Gasteiger partial charge in [-0.2, -0.15) is 5.10 Å². The fourth-order valence-electron chi connectivity index (χ4n) is 3.06. The van der Waals surface area contributed by atoms with Crippen LogP contribution in [0.2, 0.25) is 0 Å². The van der Waals surface area contributed by atoms with Crippen LogP contribution in [0.3, 0.4) is 0 Å². The molecule has 0 N–H and O–H groups in total. The van der Waals surface area contributed by atoms with Crippen molar-refractivity contribution in [3.63, 3.8) is 0 Å². The van der Waals surface area contributed by atoms with Crippen molar-refractivity contribution in [3.05, 3.63) is 104 Å². The fourth-order valence-corrected chi connectivity index (χ4v) is 3.06. The number of rotatable bonds is 9. The van der Waals surface area contributed by atoms with E-state index in [9.17, 15) is 4.79 Å². The normalized spacial score (nSPS) is 15.4. The van der Waals surface area contributed by atoms with Crippen LogP contribution in [0.25, 0.3) is 0 Å². The Morgan fingerprint density at radius 1 is 1.21 bits per heavy atom. The molecule has 4 heteroatoms. The molecule has 0 spiro atoms. The number of allylic oxidation sites excluding steroid dienone is 5. The maximum absolute atomic E-state index is 12.4. The van der Waals surface area contributed by atoms with Crippen molar-refractivity contribution in [3.8, 4) is 5.75 Å². The number of carbonyl (C=O) groups excluding carboxylic acids is 1. The van der Waals surface area contributed by atoms with Gasteiger partial charge in [0.05, 0.1) is 12.3 Å². The average Bonchev–Trinajstić information content (AvgIpc) is 3.01. The van der Waals surface area contributed by atoms with Gasteiger partial charge in [-0.1, -0.05) is 56.7 Å². The number of fused-ring (bicyclic) bond motifs is 1. The summed E-state index contributed by atoms with van der Waals surface area (Å²) in [5.74, 6) is 0.573. The third kappa shape index (κ3) is 5.79. The van der Waals surface area contributed by atoms with E-state index in [4.69, 9.17) is 4.74 Å². The van der Waals surface area contributed by atoms with Gasteiger partial charge in [-0.05, 0) is 55.3 Å². The largest absolute Gasteiger partial charge is 0.487 e. The minimum atomic E-state index is -0.308. The summed E-state index contributed by atoms with van der Waals surface area (Å²) in [4.78, 5) is 12.4. The van der Waals surface area contributed by atoms with Gasteiger partial charge in [-0.3, -0.25) is 4.79 Å². The summed E-state index contributed by atoms with van der Waals surface area (Å²) in [6, 6.07) is 5.91. The van der Waals surface area contributed by atoms with E-state index >= 15 is 0 Å². The standard InChI is InChI=1S/C25H28N2O2/c1-7-11-13-19(12-8-2)18-27(24(28)10-4)26-22(9-3)20-14-15-23-21(16-20)17-25(5,6)29-23/h7-16H,1-4,17-18H2,5-6H3/b13-11-,19-12+,26-22+. The monoisotopic (exact) mass is 388 g/mol. The van der Waals surface area contributed by atoms with Gasteiger partial charge >= 0.3 is 0 Å². The lowest BCUT2D eigenvalue weighted by molar-refractivity contribution is -0.125. The Morgan fingerprint density at radius 3 is 2.59 bits per heavy atom. The molecule has 0 bridgehead atoms. The molecule has 1 amide bonds. The first-order chi connectivity index (χ1) is 13.8. The molecule has 0 saturated carbocycles. The predicted octanol–water partition coefficient (Wildman–Crippen LogP) is 5.16. The van der Waals surface area contributed by atoms with E-state index in [0.29, 0.717) is 5.71 Å². The lowest BCUT2D eigenvalue weighted by atomic mass is 9.99. The molecule has 150 valence electrons. The number of amides is 1. The van der Waals surface area contributed by atoms with Crippen LogP contribution in [0, 0.1) is 0 Å². The van der Waals surface area contributed by atoms with Gasteiger partial charge in [-0.15, -0.1) is 0 Å². The van der Waals surface area contributed by atoms with Gasteiger partial charge in [0.1, 0.15) is 11.4 Å². The second-order valence-electron chi connectivity index (χ2n) is 7.22. The Labute approximate surface area is 173 Å². The lowest BCUT2D eigenvalue weighted by Gasteiger charge is -2.18. The van der Waals surface area contributed by atoms with Crippen LogP contribution in [-0.4, -0.2) is 28.8 Å². The molecule has 4 nitrogen and oxygen atoms in total. The van der Waals surface area contributed by atoms with Gasteiger partial charge in [0.15, 0.2) is 0 Å². The van der Waals surface area contributed by atoms with Crippen molar-refractivity contribution in [1.82, 2.24) is 5.01 Å². The molecule has 0 radical (unpaired) electrons. The van der Waals surface area contributed by atoms with Crippen LogP contribution in [-0.2, 0) is 11.2 Å². The van der Waals surface area contributed by atoms with Crippen molar-refractivity contribution in [2.24, 2.45) is 5.10 Å². The molecule has 0 atom stereocenters. The molecule has 1 heterocycles. The van der Waals surface area contributed by atoms with Crippen LogP contribution >= 0.6 is 0 Å². The molecule has 0 fully saturated rings. The Morgan fingerprint density at radius 2 is 1.97 bits per heavy atom. The minimum absolute atomic E-state index is 0.223. The summed E-state index contributed by atoms with van der Waals surface area (Å²) >= 11 is 0. The minimum Gasteiger partial charge on any atom is -0.487 e. The van der Waals surface area contributed by atoms with E-state index < -0.39 is 0 Å². The summed E-state index contributed by atoms with van der Waals surface area (Å²) in [5, 5.41) is 5.92. The highest BCUT2D eigenvalue weighted by Crippen LogP contribution is 2.35. The topological polar surface area (TPSA) is 41.9 Å². The molecule has 1 aromatic rings. The lowest BCUT2D eigenvalue weighted by Crippen LogP contribution is -2.27. The highest BCUT2D eigenvalue weighted by Gasteiger charge is 2.30. The zero-order chi connectivity index (χ0) is 21.4. The van der Waals surface area contributed by atoms with Gasteiger partial charge < -0.3 is 4.74 Å². The van der Waals surface area contributed by atoms with E-state index in [-0.39, 0.29) is 18.1 Å². The van der Waals surface area contributed by atoms with Crippen molar-refractivity contribution < 1.29 is 9.53 Å². The Balaban J connectivity index is 2.39. The summed E-state index contributed by atoms with van der Waals surface area (Å²) in [6.45, 7) is 19.3. The first-order valence-corrected chi connectivity index (χ1v) is 9.41. The van der Waals surface area contributed by atoms with Gasteiger partial charge in [-0.25, -0.2) is 5.01 Å². The van der Waals surface area contributed by atoms with Crippen LogP contribution in [0.15, 0.2) is 97.7 Å². The zero-order valence-electron chi connectivity index (χ0n) is 17.2. The molecule has 0 saturated heterocycles. The predicted molar refractivity (Wildman–Crippen MR) is 121 cm³/mol. The fraction of sp³-hybridized carbons (Fsp3) is 0.200. The molecule has 2 rings (SSSR count). The van der Waals surface area contributed by atoms with E-state index in [1.165, 1.54) is 11.1 Å². The maximum Gasteiger partial charge on any atom is 0.266 e. The van der Waals surface area contributed by atoms with Crippen LogP contribution < -0.4 is 4.74 Å². The summed E-state index contributed by atoms with van der Waals surface area (Å²) in [6.07, 6.45) is 12.5. The number of hydrogen-bond donors (Lipinski definition) is 0. The van der Waals surface area contributed by atoms with Gasteiger partial charge in [0, 0.05) is 12.0 Å². The molecular weight excluding hydrogens is 360 g/mol. The van der Waals surface area contributed by atoms with Crippen molar-refractivity contribution in [2.45, 2.75) is 25.9 Å². The number of benzene rings is 1. The quantitative estimate of drug-likeness (QED) is 0.254. The van der Waals surface area contributed by atoms with Gasteiger partial charge in [0.2, 0.25) is 0 Å². The van der Waals surface area contributed by atoms with E-state index in [0.717, 1.165) is 28.9 Å². The zero-order valence-corrected chi connectivity index (χ0v) is 17.2. The number of ether oxygens (including phenoxy) is 1. The van der Waals surface area contributed by atoms with Crippen molar-refractivity contribution in [1.29, 1.82) is 0 Å². The second kappa shape index (κ2) is 9.69. The Hall–Kier alpha value is -3.40. The number of nitrogens with zero attached hydrogens (tertiary/aromatic N) is 2. The molecule has 1 aromatic carbocycles. The van der Waals surface area contributed by atoms with Crippen molar-refractivity contribution >= 4 is 11.6 Å². The summed E-state index contributed by atoms with van der Waals surface area (Å²) in [7, 11) is 0. The first-order valence-electron chi connectivity index (χ1n) is 9.41. The highest BCUT2D eigenvalue weighted by atomic mass is 16.5. The smallest absolute Gasteiger partial charge is 0.266 e. The Kier molecular flexibility index (Phi) is 7.32. The first kappa shape index (κ1) is 21.9. The molecule has 29 heavy (non-hydrogen) atoms. The molecule has 1 aliphatic rings. The second-order valence-corrected chi connectivity index (χ2v) is 7.22. The average molecular weight is 389 g/mol. The number of hydrazone groups is 1. The van der Waals surface area contributed by atoms with E-state index in [1.54, 1.807) is 24.3 Å². The van der Waals surface area contributed by atoms with Gasteiger partial charge in [0.25, 0.3) is 5.91 Å². The van der Waals surface area contributed by atoms with Crippen LogP contribution in [0.4, 0.5) is 0 Å². The molecule has 0 unspecified atom stereocenters. The maximum atomic E-state index is 12.4. The third-order valence-corrected chi connectivity index (χ3v) is 4.32. The third-order valence-electron chi connectivity index (χ3n) is 4.32. The van der Waals surface area contributed by atoms with Crippen LogP contribution in [0.5, 0.6) is 5.75 Å². The number of carbonyl (C=O) groups is 1. The Bertz CT molecular complexity index is 917. The molecular formula is C25H28N2O2. The molecule has 0 aromatic heterocycles. The highest BCUT2D eigenvalue weighted by molar-refractivity contribution is 6.09. The van der Waals surface area contributed by atoms with E-state index in [2.05, 4.69) is 45.3 Å². The number of hydrogen-bond acceptors (Lipinski definition) is 3. The molecule has 0 aliphatic carbocycles. The van der Waals surface area contributed by atoms with Crippen LogP contribution in [0.1, 0.15) is 25.0 Å². The molecule has 1 aliphatic heterocycles. The SMILES string of the molecule is C=C/C=C\C(=C/C=C)CN(/N=C(\C=C)c1ccc2c(c1)CC(C)(C)O2)C(=O)C=C. The van der Waals surface area contributed by atoms with E-state index in [1.807, 2.05) is 30.4 Å². The van der Waals surface area contributed by atoms with Crippen molar-refractivity contribution in [2.75, 3.05) is 6.54 Å². The summed E-state index contributed by atoms with van der Waals surface area (Å²) in [5.41, 5.74) is 3.21.